The van der Waals surface area contributed by atoms with Crippen molar-refractivity contribution in [3.05, 3.63) is 69.7 Å². The zero-order valence-electron chi connectivity index (χ0n) is 10.7. The van der Waals surface area contributed by atoms with Gasteiger partial charge in [-0.25, -0.2) is 8.78 Å². The van der Waals surface area contributed by atoms with E-state index in [1.807, 2.05) is 6.07 Å². The van der Waals surface area contributed by atoms with E-state index in [9.17, 15) is 8.78 Å². The van der Waals surface area contributed by atoms with Crippen LogP contribution in [0.4, 0.5) is 8.78 Å². The summed E-state index contributed by atoms with van der Waals surface area (Å²) in [6.45, 7) is 0. The minimum Gasteiger partial charge on any atom is -0.271 e. The minimum atomic E-state index is -0.295. The lowest BCUT2D eigenvalue weighted by Gasteiger charge is -2.16. The molecule has 1 unspecified atom stereocenters. The molecule has 0 aliphatic rings. The summed E-state index contributed by atoms with van der Waals surface area (Å²) in [6, 6.07) is 11.2. The highest BCUT2D eigenvalue weighted by Crippen LogP contribution is 2.18. The molecule has 0 spiro atoms. The van der Waals surface area contributed by atoms with Crippen molar-refractivity contribution in [3.8, 4) is 0 Å². The molecule has 106 valence electrons. The average molecular weight is 341 g/mol. The van der Waals surface area contributed by atoms with Gasteiger partial charge in [0.25, 0.3) is 0 Å². The molecule has 0 saturated carbocycles. The molecule has 0 fully saturated rings. The van der Waals surface area contributed by atoms with Crippen LogP contribution in [0, 0.1) is 11.6 Å². The molecular weight excluding hydrogens is 326 g/mol. The molecule has 0 heterocycles. The molecule has 2 rings (SSSR count). The van der Waals surface area contributed by atoms with Crippen molar-refractivity contribution in [2.24, 2.45) is 5.84 Å². The Hall–Kier alpha value is -1.30. The molecule has 0 aromatic heterocycles. The van der Waals surface area contributed by atoms with Crippen LogP contribution in [0.5, 0.6) is 0 Å². The van der Waals surface area contributed by atoms with Crippen LogP contribution in [0.1, 0.15) is 11.1 Å². The van der Waals surface area contributed by atoms with Crippen molar-refractivity contribution < 1.29 is 8.78 Å². The topological polar surface area (TPSA) is 38.0 Å². The van der Waals surface area contributed by atoms with Crippen LogP contribution >= 0.6 is 15.9 Å². The van der Waals surface area contributed by atoms with Crippen molar-refractivity contribution in [1.29, 1.82) is 0 Å². The van der Waals surface area contributed by atoms with E-state index in [1.165, 1.54) is 18.2 Å². The summed E-state index contributed by atoms with van der Waals surface area (Å²) in [6.07, 6.45) is 1.23. The number of nitrogens with one attached hydrogen (secondary N) is 1. The maximum absolute atomic E-state index is 13.2. The fourth-order valence-corrected chi connectivity index (χ4v) is 2.52. The maximum atomic E-state index is 13.2. The molecule has 1 atom stereocenters. The predicted octanol–water partition coefficient (Wildman–Crippen LogP) is 3.34. The first-order chi connectivity index (χ1) is 9.58. The van der Waals surface area contributed by atoms with Crippen molar-refractivity contribution in [2.45, 2.75) is 18.9 Å². The van der Waals surface area contributed by atoms with Crippen LogP contribution in [-0.2, 0) is 12.8 Å². The molecule has 0 bridgehead atoms. The Labute approximate surface area is 125 Å². The predicted molar refractivity (Wildman–Crippen MR) is 79.0 cm³/mol. The first kappa shape index (κ1) is 15.1. The van der Waals surface area contributed by atoms with Gasteiger partial charge < -0.3 is 0 Å². The molecule has 0 saturated heterocycles. The third kappa shape index (κ3) is 4.10. The number of nitrogens with two attached hydrogens (primary N) is 1. The van der Waals surface area contributed by atoms with Crippen LogP contribution in [0.25, 0.3) is 0 Å². The second kappa shape index (κ2) is 6.92. The third-order valence-electron chi connectivity index (χ3n) is 3.07. The SMILES string of the molecule is NNC(Cc1cccc(F)c1)Cc1ccc(F)c(Br)c1. The smallest absolute Gasteiger partial charge is 0.137 e. The van der Waals surface area contributed by atoms with Crippen LogP contribution in [0.15, 0.2) is 46.9 Å². The minimum absolute atomic E-state index is 0.0471. The van der Waals surface area contributed by atoms with E-state index in [0.717, 1.165) is 11.1 Å². The Morgan fingerprint density at radius 2 is 1.75 bits per heavy atom. The Balaban J connectivity index is 2.07. The molecule has 2 aromatic rings. The van der Waals surface area contributed by atoms with Gasteiger partial charge in [0, 0.05) is 6.04 Å². The average Bonchev–Trinajstić information content (AvgIpc) is 2.42. The summed E-state index contributed by atoms with van der Waals surface area (Å²) in [5.41, 5.74) is 4.55. The van der Waals surface area contributed by atoms with Gasteiger partial charge >= 0.3 is 0 Å². The highest BCUT2D eigenvalue weighted by molar-refractivity contribution is 9.10. The van der Waals surface area contributed by atoms with Gasteiger partial charge in [0.2, 0.25) is 0 Å². The molecule has 0 radical (unpaired) electrons. The summed E-state index contributed by atoms with van der Waals surface area (Å²) in [5.74, 6) is 4.99. The van der Waals surface area contributed by atoms with E-state index < -0.39 is 0 Å². The monoisotopic (exact) mass is 340 g/mol. The number of benzene rings is 2. The van der Waals surface area contributed by atoms with E-state index in [0.29, 0.717) is 17.3 Å². The first-order valence-electron chi connectivity index (χ1n) is 6.23. The van der Waals surface area contributed by atoms with E-state index in [4.69, 9.17) is 5.84 Å². The normalized spacial score (nSPS) is 12.4. The fourth-order valence-electron chi connectivity index (χ4n) is 2.09. The van der Waals surface area contributed by atoms with Gasteiger partial charge in [-0.05, 0) is 64.2 Å². The summed E-state index contributed by atoms with van der Waals surface area (Å²) in [5, 5.41) is 0. The quantitative estimate of drug-likeness (QED) is 0.647. The third-order valence-corrected chi connectivity index (χ3v) is 3.68. The van der Waals surface area contributed by atoms with Gasteiger partial charge in [0.05, 0.1) is 4.47 Å². The van der Waals surface area contributed by atoms with Crippen LogP contribution in [0.2, 0.25) is 0 Å². The lowest BCUT2D eigenvalue weighted by atomic mass is 9.99. The molecular formula is C15H15BrF2N2. The number of hydrazine groups is 1. The molecule has 2 nitrogen and oxygen atoms in total. The lowest BCUT2D eigenvalue weighted by molar-refractivity contribution is 0.519. The summed E-state index contributed by atoms with van der Waals surface area (Å²) in [7, 11) is 0. The Morgan fingerprint density at radius 1 is 1.05 bits per heavy atom. The molecule has 20 heavy (non-hydrogen) atoms. The number of hydrogen-bond acceptors (Lipinski definition) is 2. The van der Waals surface area contributed by atoms with E-state index >= 15 is 0 Å². The molecule has 3 N–H and O–H groups in total. The number of hydrogen-bond donors (Lipinski definition) is 2. The van der Waals surface area contributed by atoms with Crippen molar-refractivity contribution >= 4 is 15.9 Å². The van der Waals surface area contributed by atoms with E-state index in [-0.39, 0.29) is 17.7 Å². The Morgan fingerprint density at radius 3 is 2.35 bits per heavy atom. The summed E-state index contributed by atoms with van der Waals surface area (Å²) < 4.78 is 26.8. The first-order valence-corrected chi connectivity index (χ1v) is 7.02. The number of halogens is 3. The van der Waals surface area contributed by atoms with Gasteiger partial charge in [0.15, 0.2) is 0 Å². The van der Waals surface area contributed by atoms with Crippen molar-refractivity contribution in [1.82, 2.24) is 5.43 Å². The second-order valence-corrected chi connectivity index (χ2v) is 5.50. The van der Waals surface area contributed by atoms with Gasteiger partial charge in [-0.2, -0.15) is 0 Å². The highest BCUT2D eigenvalue weighted by atomic mass is 79.9. The van der Waals surface area contributed by atoms with Crippen molar-refractivity contribution in [3.63, 3.8) is 0 Å². The van der Waals surface area contributed by atoms with E-state index in [2.05, 4.69) is 21.4 Å². The molecule has 0 aliphatic heterocycles. The van der Waals surface area contributed by atoms with Crippen LogP contribution in [0.3, 0.4) is 0 Å². The Kier molecular flexibility index (Phi) is 5.23. The van der Waals surface area contributed by atoms with Gasteiger partial charge in [-0.1, -0.05) is 18.2 Å². The van der Waals surface area contributed by atoms with Crippen molar-refractivity contribution in [2.75, 3.05) is 0 Å². The highest BCUT2D eigenvalue weighted by Gasteiger charge is 2.10. The number of rotatable bonds is 5. The lowest BCUT2D eigenvalue weighted by Crippen LogP contribution is -2.38. The zero-order valence-corrected chi connectivity index (χ0v) is 12.3. The fraction of sp³-hybridized carbons (Fsp3) is 0.200. The summed E-state index contributed by atoms with van der Waals surface area (Å²) >= 11 is 3.16. The largest absolute Gasteiger partial charge is 0.271 e. The van der Waals surface area contributed by atoms with Gasteiger partial charge in [0.1, 0.15) is 11.6 Å². The Bertz CT molecular complexity index is 590. The maximum Gasteiger partial charge on any atom is 0.137 e. The van der Waals surface area contributed by atoms with Gasteiger partial charge in [-0.3, -0.25) is 11.3 Å². The van der Waals surface area contributed by atoms with Crippen LogP contribution in [-0.4, -0.2) is 6.04 Å². The molecule has 2 aromatic carbocycles. The summed E-state index contributed by atoms with van der Waals surface area (Å²) in [4.78, 5) is 0. The molecule has 0 aliphatic carbocycles. The zero-order chi connectivity index (χ0) is 14.5. The molecule has 5 heteroatoms. The van der Waals surface area contributed by atoms with E-state index in [1.54, 1.807) is 18.2 Å². The van der Waals surface area contributed by atoms with Gasteiger partial charge in [-0.15, -0.1) is 0 Å². The van der Waals surface area contributed by atoms with Crippen LogP contribution < -0.4 is 11.3 Å². The molecule has 0 amide bonds. The standard InChI is InChI=1S/C15H15BrF2N2/c16-14-9-11(4-5-15(14)18)8-13(20-19)7-10-2-1-3-12(17)6-10/h1-6,9,13,20H,7-8,19H2. The second-order valence-electron chi connectivity index (χ2n) is 4.65.